The molecule has 0 bridgehead atoms. The number of amides is 1. The Kier molecular flexibility index (Phi) is 3.17. The van der Waals surface area contributed by atoms with Gasteiger partial charge in [-0.15, -0.1) is 0 Å². The molecular formula is C10H15NO3. The number of hydrogen-bond donors (Lipinski definition) is 0. The molecule has 1 aliphatic heterocycles. The van der Waals surface area contributed by atoms with E-state index >= 15 is 0 Å². The third kappa shape index (κ3) is 1.89. The van der Waals surface area contributed by atoms with Crippen molar-refractivity contribution >= 4 is 6.09 Å². The molecule has 0 aromatic rings. The summed E-state index contributed by atoms with van der Waals surface area (Å²) in [6, 6.07) is 0. The lowest BCUT2D eigenvalue weighted by Gasteiger charge is -2.26. The van der Waals surface area contributed by atoms with Crippen LogP contribution in [0.1, 0.15) is 13.8 Å². The highest BCUT2D eigenvalue weighted by Crippen LogP contribution is 2.20. The van der Waals surface area contributed by atoms with Crippen LogP contribution in [-0.2, 0) is 9.47 Å². The molecule has 0 fully saturated rings. The van der Waals surface area contributed by atoms with Gasteiger partial charge in [-0.05, 0) is 25.5 Å². The van der Waals surface area contributed by atoms with Gasteiger partial charge in [-0.25, -0.2) is 4.79 Å². The lowest BCUT2D eigenvalue weighted by molar-refractivity contribution is 0.137. The van der Waals surface area contributed by atoms with Gasteiger partial charge in [0.05, 0.1) is 20.8 Å². The molecule has 0 atom stereocenters. The summed E-state index contributed by atoms with van der Waals surface area (Å²) in [4.78, 5) is 12.9. The van der Waals surface area contributed by atoms with Crippen LogP contribution in [-0.4, -0.2) is 31.8 Å². The third-order valence-corrected chi connectivity index (χ3v) is 2.20. The molecule has 1 amide bonds. The van der Waals surface area contributed by atoms with Crippen molar-refractivity contribution in [2.24, 2.45) is 0 Å². The smallest absolute Gasteiger partial charge is 0.414 e. The highest BCUT2D eigenvalue weighted by atomic mass is 16.5. The minimum atomic E-state index is -0.340. The van der Waals surface area contributed by atoms with Crippen molar-refractivity contribution in [3.63, 3.8) is 0 Å². The molecule has 0 radical (unpaired) electrons. The molecule has 4 nitrogen and oxygen atoms in total. The van der Waals surface area contributed by atoms with Crippen LogP contribution in [0.15, 0.2) is 23.1 Å². The molecule has 78 valence electrons. The van der Waals surface area contributed by atoms with Crippen LogP contribution < -0.4 is 0 Å². The van der Waals surface area contributed by atoms with Crippen molar-refractivity contribution in [1.82, 2.24) is 4.90 Å². The van der Waals surface area contributed by atoms with Crippen molar-refractivity contribution in [1.29, 1.82) is 0 Å². The highest BCUT2D eigenvalue weighted by molar-refractivity contribution is 5.70. The zero-order chi connectivity index (χ0) is 10.7. The predicted molar refractivity (Wildman–Crippen MR) is 52.6 cm³/mol. The SMILES string of the molecule is COC(=O)N1CC(C)=C(OC)C=C1C. The lowest BCUT2D eigenvalue weighted by atomic mass is 10.1. The molecule has 0 aromatic carbocycles. The quantitative estimate of drug-likeness (QED) is 0.644. The predicted octanol–water partition coefficient (Wildman–Crippen LogP) is 1.89. The summed E-state index contributed by atoms with van der Waals surface area (Å²) in [5, 5.41) is 0. The maximum atomic E-state index is 11.3. The molecule has 14 heavy (non-hydrogen) atoms. The van der Waals surface area contributed by atoms with Crippen LogP contribution in [0, 0.1) is 0 Å². The molecular weight excluding hydrogens is 182 g/mol. The Balaban J connectivity index is 2.88. The fraction of sp³-hybridized carbons (Fsp3) is 0.500. The summed E-state index contributed by atoms with van der Waals surface area (Å²) in [7, 11) is 3.00. The summed E-state index contributed by atoms with van der Waals surface area (Å²) < 4.78 is 9.82. The molecule has 0 aliphatic carbocycles. The van der Waals surface area contributed by atoms with Gasteiger partial charge < -0.3 is 9.47 Å². The average Bonchev–Trinajstić information content (AvgIpc) is 2.19. The van der Waals surface area contributed by atoms with Crippen molar-refractivity contribution in [3.8, 4) is 0 Å². The number of rotatable bonds is 1. The Labute approximate surface area is 83.8 Å². The number of carbonyl (C=O) groups excluding carboxylic acids is 1. The summed E-state index contributed by atoms with van der Waals surface area (Å²) in [5.41, 5.74) is 1.85. The van der Waals surface area contributed by atoms with Gasteiger partial charge in [0.25, 0.3) is 0 Å². The monoisotopic (exact) mass is 197 g/mol. The van der Waals surface area contributed by atoms with E-state index in [9.17, 15) is 4.79 Å². The van der Waals surface area contributed by atoms with Crippen molar-refractivity contribution < 1.29 is 14.3 Å². The Bertz CT molecular complexity index is 304. The van der Waals surface area contributed by atoms with Gasteiger partial charge >= 0.3 is 6.09 Å². The van der Waals surface area contributed by atoms with Gasteiger partial charge in [-0.3, -0.25) is 4.90 Å². The van der Waals surface area contributed by atoms with E-state index in [0.717, 1.165) is 17.0 Å². The lowest BCUT2D eigenvalue weighted by Crippen LogP contribution is -2.33. The Hall–Kier alpha value is -1.45. The first-order valence-corrected chi connectivity index (χ1v) is 4.37. The van der Waals surface area contributed by atoms with Crippen molar-refractivity contribution in [3.05, 3.63) is 23.1 Å². The molecule has 1 aliphatic rings. The first-order valence-electron chi connectivity index (χ1n) is 4.37. The minimum absolute atomic E-state index is 0.340. The van der Waals surface area contributed by atoms with Gasteiger partial charge in [-0.2, -0.15) is 0 Å². The van der Waals surface area contributed by atoms with Gasteiger partial charge in [0, 0.05) is 5.70 Å². The molecule has 0 saturated carbocycles. The number of ether oxygens (including phenoxy) is 2. The topological polar surface area (TPSA) is 38.8 Å². The zero-order valence-electron chi connectivity index (χ0n) is 8.96. The van der Waals surface area contributed by atoms with E-state index in [-0.39, 0.29) is 6.09 Å². The summed E-state index contributed by atoms with van der Waals surface area (Å²) in [6.45, 7) is 4.30. The number of allylic oxidation sites excluding steroid dienone is 2. The standard InChI is InChI=1S/C10H15NO3/c1-7-6-11(10(12)14-4)8(2)5-9(7)13-3/h5H,6H2,1-4H3. The van der Waals surface area contributed by atoms with E-state index in [4.69, 9.17) is 4.74 Å². The van der Waals surface area contributed by atoms with E-state index in [2.05, 4.69) is 4.74 Å². The maximum Gasteiger partial charge on any atom is 0.414 e. The molecule has 0 unspecified atom stereocenters. The fourth-order valence-electron chi connectivity index (χ4n) is 1.38. The fourth-order valence-corrected chi connectivity index (χ4v) is 1.38. The largest absolute Gasteiger partial charge is 0.497 e. The van der Waals surface area contributed by atoms with Crippen LogP contribution in [0.2, 0.25) is 0 Å². The average molecular weight is 197 g/mol. The van der Waals surface area contributed by atoms with Crippen molar-refractivity contribution in [2.45, 2.75) is 13.8 Å². The number of carbonyl (C=O) groups is 1. The third-order valence-electron chi connectivity index (χ3n) is 2.20. The first kappa shape index (κ1) is 10.6. The van der Waals surface area contributed by atoms with E-state index in [1.807, 2.05) is 19.9 Å². The molecule has 1 rings (SSSR count). The van der Waals surface area contributed by atoms with E-state index in [0.29, 0.717) is 6.54 Å². The summed E-state index contributed by atoms with van der Waals surface area (Å²) in [6.07, 6.45) is 1.49. The van der Waals surface area contributed by atoms with Crippen LogP contribution >= 0.6 is 0 Å². The van der Waals surface area contributed by atoms with Crippen molar-refractivity contribution in [2.75, 3.05) is 20.8 Å². The highest BCUT2D eigenvalue weighted by Gasteiger charge is 2.21. The van der Waals surface area contributed by atoms with Crippen LogP contribution in [0.3, 0.4) is 0 Å². The second-order valence-electron chi connectivity index (χ2n) is 3.19. The van der Waals surface area contributed by atoms with Crippen LogP contribution in [0.4, 0.5) is 4.79 Å². The van der Waals surface area contributed by atoms with Crippen LogP contribution in [0.5, 0.6) is 0 Å². The van der Waals surface area contributed by atoms with Gasteiger partial charge in [-0.1, -0.05) is 0 Å². The van der Waals surface area contributed by atoms with Gasteiger partial charge in [0.1, 0.15) is 5.76 Å². The van der Waals surface area contributed by atoms with Gasteiger partial charge in [0.15, 0.2) is 0 Å². The van der Waals surface area contributed by atoms with E-state index in [1.165, 1.54) is 7.11 Å². The summed E-state index contributed by atoms with van der Waals surface area (Å²) >= 11 is 0. The normalized spacial score (nSPS) is 16.6. The molecule has 1 heterocycles. The molecule has 4 heteroatoms. The minimum Gasteiger partial charge on any atom is -0.497 e. The zero-order valence-corrected chi connectivity index (χ0v) is 8.96. The molecule has 0 spiro atoms. The summed E-state index contributed by atoms with van der Waals surface area (Å²) in [5.74, 6) is 0.822. The Morgan fingerprint density at radius 2 is 2.07 bits per heavy atom. The molecule has 0 N–H and O–H groups in total. The van der Waals surface area contributed by atoms with Gasteiger partial charge in [0.2, 0.25) is 0 Å². The number of hydrogen-bond acceptors (Lipinski definition) is 3. The number of methoxy groups -OCH3 is 2. The Morgan fingerprint density at radius 1 is 1.43 bits per heavy atom. The van der Waals surface area contributed by atoms with E-state index in [1.54, 1.807) is 12.0 Å². The van der Waals surface area contributed by atoms with Crippen LogP contribution in [0.25, 0.3) is 0 Å². The first-order chi connectivity index (χ1) is 6.60. The second-order valence-corrected chi connectivity index (χ2v) is 3.19. The molecule has 0 saturated heterocycles. The van der Waals surface area contributed by atoms with E-state index < -0.39 is 0 Å². The Morgan fingerprint density at radius 3 is 2.57 bits per heavy atom. The molecule has 0 aromatic heterocycles. The second kappa shape index (κ2) is 4.17. The maximum absolute atomic E-state index is 11.3. The number of nitrogens with zero attached hydrogens (tertiary/aromatic N) is 1.